The minimum atomic E-state index is -0.950. The Labute approximate surface area is 397 Å². The number of nitrogens with zero attached hydrogens (tertiary/aromatic N) is 8. The number of nitrogens with one attached hydrogen (secondary N) is 2. The predicted octanol–water partition coefficient (Wildman–Crippen LogP) is 5.06. The summed E-state index contributed by atoms with van der Waals surface area (Å²) in [6.45, 7) is 9.51. The molecule has 1 aromatic carbocycles. The molecule has 4 saturated heterocycles. The molecule has 4 fully saturated rings. The Hall–Kier alpha value is -5.52. The van der Waals surface area contributed by atoms with Crippen LogP contribution in [0.3, 0.4) is 0 Å². The molecule has 2 N–H and O–H groups in total. The van der Waals surface area contributed by atoms with E-state index in [4.69, 9.17) is 0 Å². The van der Waals surface area contributed by atoms with Crippen LogP contribution in [0.2, 0.25) is 0 Å². The van der Waals surface area contributed by atoms with Crippen LogP contribution in [-0.2, 0) is 14.4 Å². The fourth-order valence-corrected chi connectivity index (χ4v) is 11.0. The molecule has 0 aliphatic carbocycles. The molecule has 3 aromatic rings. The molecule has 17 heteroatoms. The minimum Gasteiger partial charge on any atom is -0.355 e. The summed E-state index contributed by atoms with van der Waals surface area (Å²) >= 11 is 1.68. The normalized spacial score (nSPS) is 20.2. The Morgan fingerprint density at radius 1 is 0.791 bits per heavy atom. The average Bonchev–Trinajstić information content (AvgIpc) is 3.60. The van der Waals surface area contributed by atoms with Gasteiger partial charge in [-0.2, -0.15) is 0 Å². The van der Waals surface area contributed by atoms with E-state index in [9.17, 15) is 28.8 Å². The van der Waals surface area contributed by atoms with Gasteiger partial charge in [-0.05, 0) is 118 Å². The zero-order chi connectivity index (χ0) is 46.5. The second-order valence-electron chi connectivity index (χ2n) is 18.4. The van der Waals surface area contributed by atoms with Crippen molar-refractivity contribution in [2.24, 2.45) is 5.92 Å². The summed E-state index contributed by atoms with van der Waals surface area (Å²) in [7, 11) is 0. The minimum absolute atomic E-state index is 0.0376. The smallest absolute Gasteiger partial charge is 0.274 e. The third-order valence-corrected chi connectivity index (χ3v) is 15.1. The number of hydrogen-bond acceptors (Lipinski definition) is 13. The fourth-order valence-electron chi connectivity index (χ4n) is 10.0. The molecular formula is C50H64N10O6S. The van der Waals surface area contributed by atoms with Gasteiger partial charge in [-0.1, -0.05) is 31.7 Å². The maximum absolute atomic E-state index is 13.3. The van der Waals surface area contributed by atoms with E-state index in [-0.39, 0.29) is 30.6 Å². The topological polar surface area (TPSA) is 181 Å². The Kier molecular flexibility index (Phi) is 16.8. The van der Waals surface area contributed by atoms with Gasteiger partial charge in [0.1, 0.15) is 6.04 Å². The standard InChI is InChI=1S/C50H64N10O6S/c61-45(16-10-37-9-7-22-51-35-37)52-23-4-3-8-36-18-25-59(26-19-36)50(66)42-13-15-44(55-54-42)58-27-20-38(21-28-58)57-31-29-56(30-32-57)24-5-1-2-6-33-67-39-11-12-40-41(34-39)49(65)60(48(40)64)43-14-17-46(62)53-47(43)63/h7,9-13,15-16,22,34-36,38,43H,1-6,8,14,17-21,23-33H2,(H,52,61)(H,53,62,63)/b16-10+. The summed E-state index contributed by atoms with van der Waals surface area (Å²) in [5, 5.41) is 14.1. The summed E-state index contributed by atoms with van der Waals surface area (Å²) in [6.07, 6.45) is 18.8. The van der Waals surface area contributed by atoms with Gasteiger partial charge in [-0.15, -0.1) is 22.0 Å². The first kappa shape index (κ1) is 48.0. The number of pyridine rings is 1. The van der Waals surface area contributed by atoms with Gasteiger partial charge < -0.3 is 20.0 Å². The maximum Gasteiger partial charge on any atom is 0.274 e. The van der Waals surface area contributed by atoms with E-state index in [1.807, 2.05) is 35.2 Å². The first-order chi connectivity index (χ1) is 32.7. The monoisotopic (exact) mass is 932 g/mol. The number of amides is 6. The van der Waals surface area contributed by atoms with Gasteiger partial charge in [-0.25, -0.2) is 0 Å². The van der Waals surface area contributed by atoms with Crippen LogP contribution in [0.5, 0.6) is 0 Å². The summed E-state index contributed by atoms with van der Waals surface area (Å²) in [5.41, 5.74) is 1.96. The first-order valence-electron chi connectivity index (χ1n) is 24.4. The highest BCUT2D eigenvalue weighted by Gasteiger charge is 2.44. The van der Waals surface area contributed by atoms with E-state index in [0.717, 1.165) is 144 Å². The third-order valence-electron chi connectivity index (χ3n) is 14.0. The van der Waals surface area contributed by atoms with Gasteiger partial charge in [0.15, 0.2) is 11.5 Å². The van der Waals surface area contributed by atoms with Crippen LogP contribution in [0, 0.1) is 5.92 Å². The number of piperidine rings is 3. The highest BCUT2D eigenvalue weighted by Crippen LogP contribution is 2.32. The maximum atomic E-state index is 13.3. The lowest BCUT2D eigenvalue weighted by Crippen LogP contribution is -2.54. The number of imide groups is 2. The van der Waals surface area contributed by atoms with Crippen molar-refractivity contribution in [3.05, 3.63) is 83.3 Å². The van der Waals surface area contributed by atoms with E-state index in [0.29, 0.717) is 35.3 Å². The molecule has 8 rings (SSSR count). The van der Waals surface area contributed by atoms with Crippen LogP contribution >= 0.6 is 11.8 Å². The molecule has 0 radical (unpaired) electrons. The van der Waals surface area contributed by atoms with Gasteiger partial charge in [0.05, 0.1) is 11.1 Å². The second kappa shape index (κ2) is 23.5. The Bertz CT molecular complexity index is 2240. The van der Waals surface area contributed by atoms with Gasteiger partial charge in [0.2, 0.25) is 17.7 Å². The molecule has 356 valence electrons. The van der Waals surface area contributed by atoms with Gasteiger partial charge in [0, 0.05) is 94.7 Å². The van der Waals surface area contributed by atoms with Crippen molar-refractivity contribution in [1.82, 2.24) is 45.4 Å². The molecule has 67 heavy (non-hydrogen) atoms. The summed E-state index contributed by atoms with van der Waals surface area (Å²) in [5.74, 6) is 0.311. The number of benzene rings is 1. The van der Waals surface area contributed by atoms with Crippen molar-refractivity contribution in [1.29, 1.82) is 0 Å². The van der Waals surface area contributed by atoms with Crippen molar-refractivity contribution in [2.45, 2.75) is 100 Å². The molecule has 5 aliphatic rings. The molecule has 1 unspecified atom stereocenters. The number of aromatic nitrogens is 3. The molecule has 16 nitrogen and oxygen atoms in total. The SMILES string of the molecule is O=C(/C=C/c1cccnc1)NCCCCC1CCN(C(=O)c2ccc(N3CCC(N4CCN(CCCCCCSc5ccc6c(c5)C(=O)N(C5CCC(=O)NC5=O)C6=O)CC4)CC3)nn2)CC1. The number of carbonyl (C=O) groups excluding carboxylic acids is 6. The highest BCUT2D eigenvalue weighted by atomic mass is 32.2. The molecule has 0 saturated carbocycles. The van der Waals surface area contributed by atoms with E-state index < -0.39 is 23.8 Å². The summed E-state index contributed by atoms with van der Waals surface area (Å²) in [4.78, 5) is 91.0. The number of hydrogen-bond donors (Lipinski definition) is 2. The van der Waals surface area contributed by atoms with E-state index in [1.54, 1.807) is 48.4 Å². The van der Waals surface area contributed by atoms with Crippen LogP contribution in [0.15, 0.2) is 65.8 Å². The van der Waals surface area contributed by atoms with Crippen molar-refractivity contribution in [2.75, 3.05) is 76.1 Å². The number of rotatable bonds is 19. The number of carbonyl (C=O) groups is 6. The highest BCUT2D eigenvalue weighted by molar-refractivity contribution is 7.99. The van der Waals surface area contributed by atoms with Crippen molar-refractivity contribution < 1.29 is 28.8 Å². The zero-order valence-electron chi connectivity index (χ0n) is 38.5. The van der Waals surface area contributed by atoms with E-state index in [2.05, 4.69) is 40.5 Å². The summed E-state index contributed by atoms with van der Waals surface area (Å²) < 4.78 is 0. The number of fused-ring (bicyclic) bond motifs is 1. The van der Waals surface area contributed by atoms with Gasteiger partial charge >= 0.3 is 0 Å². The number of likely N-dealkylation sites (tertiary alicyclic amines) is 1. The van der Waals surface area contributed by atoms with Crippen LogP contribution < -0.4 is 15.5 Å². The Morgan fingerprint density at radius 2 is 1.58 bits per heavy atom. The van der Waals surface area contributed by atoms with Gasteiger partial charge in [-0.3, -0.25) is 48.9 Å². The molecule has 6 amide bonds. The molecule has 5 aliphatic heterocycles. The lowest BCUT2D eigenvalue weighted by molar-refractivity contribution is -0.136. The Morgan fingerprint density at radius 3 is 2.33 bits per heavy atom. The van der Waals surface area contributed by atoms with Crippen LogP contribution in [-0.4, -0.2) is 154 Å². The van der Waals surface area contributed by atoms with Crippen molar-refractivity contribution >= 4 is 59.1 Å². The first-order valence-corrected chi connectivity index (χ1v) is 25.4. The number of unbranched alkanes of at least 4 members (excludes halogenated alkanes) is 4. The lowest BCUT2D eigenvalue weighted by Gasteiger charge is -2.43. The van der Waals surface area contributed by atoms with Crippen LogP contribution in [0.25, 0.3) is 6.08 Å². The Balaban J connectivity index is 0.647. The van der Waals surface area contributed by atoms with Crippen molar-refractivity contribution in [3.63, 3.8) is 0 Å². The predicted molar refractivity (Wildman–Crippen MR) is 256 cm³/mol. The van der Waals surface area contributed by atoms with Crippen LogP contribution in [0.1, 0.15) is 120 Å². The molecule has 2 aromatic heterocycles. The van der Waals surface area contributed by atoms with Crippen molar-refractivity contribution in [3.8, 4) is 0 Å². The number of piperazine rings is 1. The van der Waals surface area contributed by atoms with Gasteiger partial charge in [0.25, 0.3) is 17.7 Å². The molecule has 7 heterocycles. The van der Waals surface area contributed by atoms with E-state index in [1.165, 1.54) is 12.8 Å². The number of anilines is 1. The summed E-state index contributed by atoms with van der Waals surface area (Å²) in [6, 6.07) is 12.5. The molecular weight excluding hydrogens is 869 g/mol. The number of thioether (sulfide) groups is 1. The second-order valence-corrected chi connectivity index (χ2v) is 19.6. The molecule has 1 atom stereocenters. The quantitative estimate of drug-likeness (QED) is 0.0706. The third kappa shape index (κ3) is 12.7. The van der Waals surface area contributed by atoms with Crippen LogP contribution in [0.4, 0.5) is 5.82 Å². The zero-order valence-corrected chi connectivity index (χ0v) is 39.3. The fraction of sp³-hybridized carbons (Fsp3) is 0.540. The molecule has 0 spiro atoms. The lowest BCUT2D eigenvalue weighted by atomic mass is 9.91. The van der Waals surface area contributed by atoms with E-state index >= 15 is 0 Å². The molecule has 0 bridgehead atoms. The average molecular weight is 933 g/mol. The largest absolute Gasteiger partial charge is 0.355 e.